The molecule has 0 aromatic heterocycles. The Morgan fingerprint density at radius 3 is 2.78 bits per heavy atom. The number of hydrogen-bond acceptors (Lipinski definition) is 1. The molecule has 0 saturated heterocycles. The van der Waals surface area contributed by atoms with Gasteiger partial charge in [0, 0.05) is 11.4 Å². The van der Waals surface area contributed by atoms with E-state index < -0.39 is 5.60 Å². The van der Waals surface area contributed by atoms with Crippen LogP contribution in [-0.2, 0) is 6.42 Å². The zero-order valence-corrected chi connectivity index (χ0v) is 12.3. The van der Waals surface area contributed by atoms with Crippen molar-refractivity contribution in [1.29, 1.82) is 0 Å². The summed E-state index contributed by atoms with van der Waals surface area (Å²) in [4.78, 5) is 0. The summed E-state index contributed by atoms with van der Waals surface area (Å²) in [5.41, 5.74) is 1.66. The first-order valence-electron chi connectivity index (χ1n) is 6.90. The first-order valence-corrected chi connectivity index (χ1v) is 7.27. The van der Waals surface area contributed by atoms with Crippen LogP contribution in [-0.4, -0.2) is 10.7 Å². The molecule has 0 bridgehead atoms. The van der Waals surface area contributed by atoms with Gasteiger partial charge in [0.25, 0.3) is 0 Å². The fourth-order valence-corrected chi connectivity index (χ4v) is 3.41. The van der Waals surface area contributed by atoms with Gasteiger partial charge < -0.3 is 5.11 Å². The Bertz CT molecular complexity index is 429. The lowest BCUT2D eigenvalue weighted by Gasteiger charge is -2.42. The minimum absolute atomic E-state index is 0.337. The van der Waals surface area contributed by atoms with Crippen molar-refractivity contribution < 1.29 is 5.11 Å². The van der Waals surface area contributed by atoms with Crippen LogP contribution in [0.25, 0.3) is 0 Å². The number of hydrogen-bond donors (Lipinski definition) is 1. The molecule has 0 radical (unpaired) electrons. The smallest absolute Gasteiger partial charge is 0.0716 e. The van der Waals surface area contributed by atoms with Crippen molar-refractivity contribution >= 4 is 11.6 Å². The molecule has 0 aliphatic heterocycles. The van der Waals surface area contributed by atoms with Crippen LogP contribution < -0.4 is 0 Å². The Kier molecular flexibility index (Phi) is 4.03. The third-order valence-electron chi connectivity index (χ3n) is 4.68. The zero-order valence-electron chi connectivity index (χ0n) is 11.5. The van der Waals surface area contributed by atoms with E-state index in [1.807, 2.05) is 13.0 Å². The average Bonchev–Trinajstić information content (AvgIpc) is 2.30. The minimum Gasteiger partial charge on any atom is -0.389 e. The van der Waals surface area contributed by atoms with Gasteiger partial charge in [0.15, 0.2) is 0 Å². The molecular formula is C16H23ClO. The largest absolute Gasteiger partial charge is 0.389 e. The molecule has 1 aromatic rings. The van der Waals surface area contributed by atoms with Crippen molar-refractivity contribution in [3.05, 3.63) is 34.3 Å². The number of rotatable bonds is 2. The molecule has 3 unspecified atom stereocenters. The van der Waals surface area contributed by atoms with Gasteiger partial charge in [-0.1, -0.05) is 50.4 Å². The Hall–Kier alpha value is -0.530. The molecule has 0 heterocycles. The van der Waals surface area contributed by atoms with E-state index in [0.29, 0.717) is 18.3 Å². The van der Waals surface area contributed by atoms with E-state index in [0.717, 1.165) is 23.4 Å². The van der Waals surface area contributed by atoms with Gasteiger partial charge >= 0.3 is 0 Å². The second-order valence-electron chi connectivity index (χ2n) is 6.03. The normalized spacial score (nSPS) is 32.5. The molecule has 2 rings (SSSR count). The molecule has 100 valence electrons. The SMILES string of the molecule is Cc1ccc(CC2(O)CCCC(C)C2C)c(Cl)c1. The molecular weight excluding hydrogens is 244 g/mol. The van der Waals surface area contributed by atoms with Crippen molar-refractivity contribution in [1.82, 2.24) is 0 Å². The van der Waals surface area contributed by atoms with Crippen molar-refractivity contribution in [2.75, 3.05) is 0 Å². The van der Waals surface area contributed by atoms with Crippen LogP contribution in [0.15, 0.2) is 18.2 Å². The summed E-state index contributed by atoms with van der Waals surface area (Å²) < 4.78 is 0. The Balaban J connectivity index is 2.21. The van der Waals surface area contributed by atoms with Crippen molar-refractivity contribution in [2.24, 2.45) is 11.8 Å². The minimum atomic E-state index is -0.587. The molecule has 0 spiro atoms. The summed E-state index contributed by atoms with van der Waals surface area (Å²) in [6, 6.07) is 6.11. The molecule has 3 atom stereocenters. The van der Waals surface area contributed by atoms with Crippen LogP contribution in [0.3, 0.4) is 0 Å². The van der Waals surface area contributed by atoms with Gasteiger partial charge in [-0.05, 0) is 42.4 Å². The van der Waals surface area contributed by atoms with Crippen molar-refractivity contribution in [2.45, 2.75) is 52.1 Å². The standard InChI is InChI=1S/C16H23ClO/c1-11-6-7-14(15(17)9-11)10-16(18)8-4-5-12(2)13(16)3/h6-7,9,12-13,18H,4-5,8,10H2,1-3H3. The summed E-state index contributed by atoms with van der Waals surface area (Å²) in [6.07, 6.45) is 3.91. The molecule has 1 fully saturated rings. The highest BCUT2D eigenvalue weighted by molar-refractivity contribution is 6.31. The lowest BCUT2D eigenvalue weighted by molar-refractivity contribution is -0.0620. The third kappa shape index (κ3) is 2.73. The molecule has 0 amide bonds. The number of halogens is 1. The predicted molar refractivity (Wildman–Crippen MR) is 77.0 cm³/mol. The quantitative estimate of drug-likeness (QED) is 0.842. The van der Waals surface area contributed by atoms with E-state index in [2.05, 4.69) is 26.0 Å². The molecule has 1 N–H and O–H groups in total. The van der Waals surface area contributed by atoms with E-state index in [-0.39, 0.29) is 0 Å². The fourth-order valence-electron chi connectivity index (χ4n) is 3.11. The van der Waals surface area contributed by atoms with Gasteiger partial charge in [-0.25, -0.2) is 0 Å². The summed E-state index contributed by atoms with van der Waals surface area (Å²) in [6.45, 7) is 6.45. The van der Waals surface area contributed by atoms with Crippen LogP contribution in [0.2, 0.25) is 5.02 Å². The van der Waals surface area contributed by atoms with Gasteiger partial charge in [-0.2, -0.15) is 0 Å². The van der Waals surface area contributed by atoms with E-state index in [1.165, 1.54) is 12.0 Å². The summed E-state index contributed by atoms with van der Waals surface area (Å²) in [7, 11) is 0. The molecule has 1 saturated carbocycles. The number of benzene rings is 1. The van der Waals surface area contributed by atoms with Gasteiger partial charge in [-0.15, -0.1) is 0 Å². The van der Waals surface area contributed by atoms with Gasteiger partial charge in [-0.3, -0.25) is 0 Å². The van der Waals surface area contributed by atoms with Gasteiger partial charge in [0.05, 0.1) is 5.60 Å². The lowest BCUT2D eigenvalue weighted by Crippen LogP contribution is -2.44. The second-order valence-corrected chi connectivity index (χ2v) is 6.44. The van der Waals surface area contributed by atoms with E-state index in [1.54, 1.807) is 0 Å². The van der Waals surface area contributed by atoms with Crippen molar-refractivity contribution in [3.63, 3.8) is 0 Å². The molecule has 1 aromatic carbocycles. The monoisotopic (exact) mass is 266 g/mol. The molecule has 18 heavy (non-hydrogen) atoms. The molecule has 1 nitrogen and oxygen atoms in total. The second kappa shape index (κ2) is 5.22. The van der Waals surface area contributed by atoms with E-state index >= 15 is 0 Å². The van der Waals surface area contributed by atoms with Crippen LogP contribution in [0.5, 0.6) is 0 Å². The van der Waals surface area contributed by atoms with Crippen molar-refractivity contribution in [3.8, 4) is 0 Å². The number of aryl methyl sites for hydroxylation is 1. The molecule has 1 aliphatic carbocycles. The lowest BCUT2D eigenvalue weighted by atomic mass is 9.68. The predicted octanol–water partition coefficient (Wildman–Crippen LogP) is 4.38. The molecule has 1 aliphatic rings. The fraction of sp³-hybridized carbons (Fsp3) is 0.625. The van der Waals surface area contributed by atoms with Gasteiger partial charge in [0.1, 0.15) is 0 Å². The Morgan fingerprint density at radius 2 is 2.11 bits per heavy atom. The van der Waals surface area contributed by atoms with Crippen LogP contribution >= 0.6 is 11.6 Å². The topological polar surface area (TPSA) is 20.2 Å². The van der Waals surface area contributed by atoms with Gasteiger partial charge in [0.2, 0.25) is 0 Å². The number of aliphatic hydroxyl groups is 1. The maximum atomic E-state index is 10.9. The van der Waals surface area contributed by atoms with Crippen LogP contribution in [0, 0.1) is 18.8 Å². The van der Waals surface area contributed by atoms with Crippen LogP contribution in [0.1, 0.15) is 44.2 Å². The summed E-state index contributed by atoms with van der Waals surface area (Å²) >= 11 is 6.28. The highest BCUT2D eigenvalue weighted by Crippen LogP contribution is 2.40. The summed E-state index contributed by atoms with van der Waals surface area (Å²) in [5, 5.41) is 11.7. The Morgan fingerprint density at radius 1 is 1.39 bits per heavy atom. The highest BCUT2D eigenvalue weighted by atomic mass is 35.5. The molecule has 2 heteroatoms. The first kappa shape index (κ1) is 13.9. The average molecular weight is 267 g/mol. The van der Waals surface area contributed by atoms with E-state index in [9.17, 15) is 5.11 Å². The maximum absolute atomic E-state index is 10.9. The third-order valence-corrected chi connectivity index (χ3v) is 5.03. The zero-order chi connectivity index (χ0) is 13.3. The Labute approximate surface area is 115 Å². The van der Waals surface area contributed by atoms with E-state index in [4.69, 9.17) is 11.6 Å². The highest BCUT2D eigenvalue weighted by Gasteiger charge is 2.39. The van der Waals surface area contributed by atoms with Crippen LogP contribution in [0.4, 0.5) is 0 Å². The first-order chi connectivity index (χ1) is 8.42. The summed E-state index contributed by atoms with van der Waals surface area (Å²) in [5.74, 6) is 0.927. The maximum Gasteiger partial charge on any atom is 0.0716 e.